The molecule has 0 aliphatic rings. The normalized spacial score (nSPS) is 12.4. The maximum absolute atomic E-state index is 5.86. The van der Waals surface area contributed by atoms with E-state index in [1.807, 2.05) is 36.0 Å². The average Bonchev–Trinajstić information content (AvgIpc) is 2.22. The van der Waals surface area contributed by atoms with Gasteiger partial charge in [-0.25, -0.2) is 0 Å². The van der Waals surface area contributed by atoms with Gasteiger partial charge in [-0.1, -0.05) is 19.1 Å². The highest BCUT2D eigenvalue weighted by molar-refractivity contribution is 7.99. The summed E-state index contributed by atoms with van der Waals surface area (Å²) in [4.78, 5) is 0. The Morgan fingerprint density at radius 2 is 2.13 bits per heavy atom. The first-order valence-corrected chi connectivity index (χ1v) is 6.58. The molecule has 1 unspecified atom stereocenters. The van der Waals surface area contributed by atoms with E-state index in [4.69, 9.17) is 5.73 Å². The Labute approximate surface area is 96.6 Å². The summed E-state index contributed by atoms with van der Waals surface area (Å²) in [6.07, 6.45) is 1.17. The molecule has 0 aliphatic carbocycles. The highest BCUT2D eigenvalue weighted by Crippen LogP contribution is 2.18. The fourth-order valence-corrected chi connectivity index (χ4v) is 2.18. The lowest BCUT2D eigenvalue weighted by atomic mass is 10.2. The van der Waals surface area contributed by atoms with Gasteiger partial charge in [-0.2, -0.15) is 11.8 Å². The van der Waals surface area contributed by atoms with E-state index in [1.165, 1.54) is 17.9 Å². The molecule has 0 bridgehead atoms. The second kappa shape index (κ2) is 6.62. The van der Waals surface area contributed by atoms with Crippen molar-refractivity contribution >= 4 is 23.1 Å². The van der Waals surface area contributed by atoms with Gasteiger partial charge in [-0.15, -0.1) is 0 Å². The summed E-state index contributed by atoms with van der Waals surface area (Å²) in [5.41, 5.74) is 7.73. The van der Waals surface area contributed by atoms with Crippen LogP contribution in [0.15, 0.2) is 24.3 Å². The van der Waals surface area contributed by atoms with Crippen molar-refractivity contribution in [3.8, 4) is 0 Å². The van der Waals surface area contributed by atoms with Gasteiger partial charge in [0.25, 0.3) is 0 Å². The summed E-state index contributed by atoms with van der Waals surface area (Å²) in [6.45, 7) is 4.39. The zero-order valence-corrected chi connectivity index (χ0v) is 10.3. The van der Waals surface area contributed by atoms with Crippen molar-refractivity contribution in [3.05, 3.63) is 24.3 Å². The average molecular weight is 224 g/mol. The van der Waals surface area contributed by atoms with Crippen molar-refractivity contribution < 1.29 is 0 Å². The number of rotatable bonds is 6. The Balaban J connectivity index is 2.37. The van der Waals surface area contributed by atoms with Gasteiger partial charge in [-0.3, -0.25) is 0 Å². The monoisotopic (exact) mass is 224 g/mol. The third kappa shape index (κ3) is 4.47. The maximum atomic E-state index is 5.86. The molecule has 15 heavy (non-hydrogen) atoms. The largest absolute Gasteiger partial charge is 0.397 e. The van der Waals surface area contributed by atoms with E-state index in [0.29, 0.717) is 6.04 Å². The van der Waals surface area contributed by atoms with Gasteiger partial charge in [0, 0.05) is 6.04 Å². The van der Waals surface area contributed by atoms with E-state index >= 15 is 0 Å². The zero-order chi connectivity index (χ0) is 11.1. The number of benzene rings is 1. The molecule has 0 aromatic heterocycles. The molecule has 0 aliphatic heterocycles. The second-order valence-corrected chi connectivity index (χ2v) is 5.01. The predicted molar refractivity (Wildman–Crippen MR) is 71.6 cm³/mol. The number of nitrogens with two attached hydrogens (primary N) is 1. The van der Waals surface area contributed by atoms with Gasteiger partial charge in [0.05, 0.1) is 11.4 Å². The molecule has 0 amide bonds. The Hall–Kier alpha value is -0.830. The molecule has 3 heteroatoms. The molecule has 2 nitrogen and oxygen atoms in total. The van der Waals surface area contributed by atoms with Crippen LogP contribution in [0.25, 0.3) is 0 Å². The quantitative estimate of drug-likeness (QED) is 0.575. The fraction of sp³-hybridized carbons (Fsp3) is 0.500. The molecule has 0 spiro atoms. The van der Waals surface area contributed by atoms with E-state index in [2.05, 4.69) is 19.2 Å². The van der Waals surface area contributed by atoms with Gasteiger partial charge < -0.3 is 11.1 Å². The molecule has 0 fully saturated rings. The number of para-hydroxylation sites is 2. The van der Waals surface area contributed by atoms with Gasteiger partial charge in [0.15, 0.2) is 0 Å². The number of thioether (sulfide) groups is 1. The summed E-state index contributed by atoms with van der Waals surface area (Å²) >= 11 is 1.98. The van der Waals surface area contributed by atoms with Crippen LogP contribution in [-0.4, -0.2) is 17.5 Å². The third-order valence-corrected chi connectivity index (χ3v) is 3.19. The summed E-state index contributed by atoms with van der Waals surface area (Å²) in [6, 6.07) is 8.40. The first-order valence-electron chi connectivity index (χ1n) is 5.42. The number of nitrogens with one attached hydrogen (secondary N) is 1. The van der Waals surface area contributed by atoms with Crippen molar-refractivity contribution in [1.82, 2.24) is 0 Å². The van der Waals surface area contributed by atoms with Gasteiger partial charge in [0.1, 0.15) is 0 Å². The van der Waals surface area contributed by atoms with Crippen LogP contribution in [-0.2, 0) is 0 Å². The number of hydrogen-bond acceptors (Lipinski definition) is 3. The molecule has 3 N–H and O–H groups in total. The number of anilines is 2. The topological polar surface area (TPSA) is 38.0 Å². The summed E-state index contributed by atoms with van der Waals surface area (Å²) in [5, 5.41) is 3.43. The molecule has 0 radical (unpaired) electrons. The van der Waals surface area contributed by atoms with E-state index in [-0.39, 0.29) is 0 Å². The predicted octanol–water partition coefficient (Wildman–Crippen LogP) is 3.21. The summed E-state index contributed by atoms with van der Waals surface area (Å²) in [7, 11) is 0. The highest BCUT2D eigenvalue weighted by Gasteiger charge is 2.03. The van der Waals surface area contributed by atoms with Crippen LogP contribution >= 0.6 is 11.8 Å². The Morgan fingerprint density at radius 1 is 1.40 bits per heavy atom. The van der Waals surface area contributed by atoms with Gasteiger partial charge in [-0.05, 0) is 37.0 Å². The lowest BCUT2D eigenvalue weighted by Crippen LogP contribution is -2.16. The van der Waals surface area contributed by atoms with Crippen LogP contribution < -0.4 is 11.1 Å². The molecule has 0 saturated carbocycles. The highest BCUT2D eigenvalue weighted by atomic mass is 32.2. The third-order valence-electron chi connectivity index (χ3n) is 2.26. The van der Waals surface area contributed by atoms with E-state index in [0.717, 1.165) is 11.4 Å². The minimum absolute atomic E-state index is 0.480. The van der Waals surface area contributed by atoms with Crippen LogP contribution in [0.3, 0.4) is 0 Å². The molecule has 1 aromatic rings. The summed E-state index contributed by atoms with van der Waals surface area (Å²) in [5.74, 6) is 2.40. The fourth-order valence-electron chi connectivity index (χ4n) is 1.37. The SMILES string of the molecule is CCSCCC(C)Nc1ccccc1N. The van der Waals surface area contributed by atoms with Crippen LogP contribution in [0.5, 0.6) is 0 Å². The first-order chi connectivity index (χ1) is 7.24. The molecule has 0 saturated heterocycles. The van der Waals surface area contributed by atoms with Gasteiger partial charge in [0.2, 0.25) is 0 Å². The van der Waals surface area contributed by atoms with Gasteiger partial charge >= 0.3 is 0 Å². The van der Waals surface area contributed by atoms with Crippen molar-refractivity contribution in [2.45, 2.75) is 26.3 Å². The molecule has 1 rings (SSSR count). The lowest BCUT2D eigenvalue weighted by molar-refractivity contribution is 0.772. The van der Waals surface area contributed by atoms with Crippen molar-refractivity contribution in [2.75, 3.05) is 22.6 Å². The minimum atomic E-state index is 0.480. The molecule has 1 atom stereocenters. The van der Waals surface area contributed by atoms with Crippen LogP contribution in [0.2, 0.25) is 0 Å². The standard InChI is InChI=1S/C12H20N2S/c1-3-15-9-8-10(2)14-12-7-5-4-6-11(12)13/h4-7,10,14H,3,8-9,13H2,1-2H3. The number of hydrogen-bond donors (Lipinski definition) is 2. The second-order valence-electron chi connectivity index (χ2n) is 3.62. The molecule has 0 heterocycles. The van der Waals surface area contributed by atoms with Crippen LogP contribution in [0, 0.1) is 0 Å². The van der Waals surface area contributed by atoms with Crippen LogP contribution in [0.1, 0.15) is 20.3 Å². The smallest absolute Gasteiger partial charge is 0.0575 e. The Kier molecular flexibility index (Phi) is 5.40. The van der Waals surface area contributed by atoms with Crippen molar-refractivity contribution in [3.63, 3.8) is 0 Å². The zero-order valence-electron chi connectivity index (χ0n) is 9.49. The van der Waals surface area contributed by atoms with E-state index < -0.39 is 0 Å². The summed E-state index contributed by atoms with van der Waals surface area (Å²) < 4.78 is 0. The Bertz CT molecular complexity index is 289. The maximum Gasteiger partial charge on any atom is 0.0575 e. The Morgan fingerprint density at radius 3 is 2.80 bits per heavy atom. The van der Waals surface area contributed by atoms with E-state index in [1.54, 1.807) is 0 Å². The number of nitrogen functional groups attached to an aromatic ring is 1. The lowest BCUT2D eigenvalue weighted by Gasteiger charge is -2.16. The molecule has 84 valence electrons. The molecular formula is C12H20N2S. The molecule has 1 aromatic carbocycles. The van der Waals surface area contributed by atoms with Crippen molar-refractivity contribution in [2.24, 2.45) is 0 Å². The van der Waals surface area contributed by atoms with Crippen LogP contribution in [0.4, 0.5) is 11.4 Å². The minimum Gasteiger partial charge on any atom is -0.397 e. The first kappa shape index (κ1) is 12.2. The molecular weight excluding hydrogens is 204 g/mol. The van der Waals surface area contributed by atoms with Crippen molar-refractivity contribution in [1.29, 1.82) is 0 Å². The van der Waals surface area contributed by atoms with E-state index in [9.17, 15) is 0 Å².